The topological polar surface area (TPSA) is 55.4 Å². The molecule has 0 radical (unpaired) electrons. The molecule has 1 atom stereocenters. The molecule has 0 unspecified atom stereocenters. The molecular weight excluding hydrogens is 382 g/mol. The van der Waals surface area contributed by atoms with Gasteiger partial charge in [-0.25, -0.2) is 8.42 Å². The van der Waals surface area contributed by atoms with Gasteiger partial charge in [-0.3, -0.25) is 0 Å². The Hall–Kier alpha value is -3.15. The van der Waals surface area contributed by atoms with Gasteiger partial charge in [-0.1, -0.05) is 72.8 Å². The average Bonchev–Trinajstić information content (AvgIpc) is 2.78. The fourth-order valence-corrected chi connectivity index (χ4v) is 4.58. The summed E-state index contributed by atoms with van der Waals surface area (Å²) >= 11 is 0. The SMILES string of the molecule is COc1ccc([C@@H](NS(=O)(=O)c2ccc3ccccc3c2)c2ccccc2)cc1. The van der Waals surface area contributed by atoms with Crippen LogP contribution in [0, 0.1) is 0 Å². The van der Waals surface area contributed by atoms with E-state index in [1.54, 1.807) is 19.2 Å². The minimum Gasteiger partial charge on any atom is -0.497 e. The third kappa shape index (κ3) is 4.16. The van der Waals surface area contributed by atoms with Crippen molar-refractivity contribution in [3.8, 4) is 5.75 Å². The van der Waals surface area contributed by atoms with E-state index in [0.717, 1.165) is 27.6 Å². The summed E-state index contributed by atoms with van der Waals surface area (Å²) in [5, 5.41) is 1.89. The van der Waals surface area contributed by atoms with E-state index in [4.69, 9.17) is 4.74 Å². The summed E-state index contributed by atoms with van der Waals surface area (Å²) in [6.45, 7) is 0. The first-order chi connectivity index (χ1) is 14.1. The number of ether oxygens (including phenoxy) is 1. The van der Waals surface area contributed by atoms with Crippen molar-refractivity contribution in [2.24, 2.45) is 0 Å². The molecule has 146 valence electrons. The summed E-state index contributed by atoms with van der Waals surface area (Å²) in [5.41, 5.74) is 1.70. The number of benzene rings is 4. The molecule has 0 spiro atoms. The molecule has 0 bridgehead atoms. The van der Waals surface area contributed by atoms with Crippen molar-refractivity contribution < 1.29 is 13.2 Å². The highest BCUT2D eigenvalue weighted by Crippen LogP contribution is 2.27. The van der Waals surface area contributed by atoms with E-state index in [-0.39, 0.29) is 4.90 Å². The van der Waals surface area contributed by atoms with Gasteiger partial charge in [0.1, 0.15) is 5.75 Å². The fourth-order valence-electron chi connectivity index (χ4n) is 3.33. The van der Waals surface area contributed by atoms with Crippen LogP contribution in [0.2, 0.25) is 0 Å². The van der Waals surface area contributed by atoms with E-state index < -0.39 is 16.1 Å². The van der Waals surface area contributed by atoms with Crippen molar-refractivity contribution in [3.05, 3.63) is 108 Å². The van der Waals surface area contributed by atoms with Crippen LogP contribution in [0.15, 0.2) is 102 Å². The number of methoxy groups -OCH3 is 1. The quantitative estimate of drug-likeness (QED) is 0.497. The smallest absolute Gasteiger partial charge is 0.241 e. The van der Waals surface area contributed by atoms with Gasteiger partial charge in [0.15, 0.2) is 0 Å². The summed E-state index contributed by atoms with van der Waals surface area (Å²) in [6, 6.07) is 29.3. The van der Waals surface area contributed by atoms with Gasteiger partial charge in [0.05, 0.1) is 18.0 Å². The molecule has 4 aromatic rings. The van der Waals surface area contributed by atoms with Crippen molar-refractivity contribution >= 4 is 20.8 Å². The minimum atomic E-state index is -3.74. The van der Waals surface area contributed by atoms with E-state index in [1.165, 1.54) is 0 Å². The average molecular weight is 404 g/mol. The van der Waals surface area contributed by atoms with Crippen LogP contribution in [0.3, 0.4) is 0 Å². The number of hydrogen-bond acceptors (Lipinski definition) is 3. The maximum atomic E-state index is 13.2. The zero-order valence-electron chi connectivity index (χ0n) is 15.9. The Morgan fingerprint density at radius 3 is 2.03 bits per heavy atom. The lowest BCUT2D eigenvalue weighted by Gasteiger charge is -2.20. The number of nitrogens with one attached hydrogen (secondary N) is 1. The van der Waals surface area contributed by atoms with Gasteiger partial charge in [0, 0.05) is 0 Å². The van der Waals surface area contributed by atoms with Gasteiger partial charge in [-0.05, 0) is 46.2 Å². The normalized spacial score (nSPS) is 12.6. The third-order valence-electron chi connectivity index (χ3n) is 4.89. The Labute approximate surface area is 170 Å². The number of fused-ring (bicyclic) bond motifs is 1. The van der Waals surface area contributed by atoms with Crippen molar-refractivity contribution in [1.29, 1.82) is 0 Å². The summed E-state index contributed by atoms with van der Waals surface area (Å²) in [4.78, 5) is 0.241. The largest absolute Gasteiger partial charge is 0.497 e. The lowest BCUT2D eigenvalue weighted by atomic mass is 10.00. The predicted molar refractivity (Wildman–Crippen MR) is 116 cm³/mol. The van der Waals surface area contributed by atoms with Crippen molar-refractivity contribution in [2.45, 2.75) is 10.9 Å². The second-order valence-corrected chi connectivity index (χ2v) is 8.46. The first kappa shape index (κ1) is 19.2. The van der Waals surface area contributed by atoms with Gasteiger partial charge >= 0.3 is 0 Å². The molecule has 0 heterocycles. The maximum Gasteiger partial charge on any atom is 0.241 e. The molecule has 4 rings (SSSR count). The van der Waals surface area contributed by atoms with Gasteiger partial charge in [0.25, 0.3) is 0 Å². The first-order valence-electron chi connectivity index (χ1n) is 9.27. The van der Waals surface area contributed by atoms with Crippen LogP contribution in [-0.2, 0) is 10.0 Å². The lowest BCUT2D eigenvalue weighted by molar-refractivity contribution is 0.414. The van der Waals surface area contributed by atoms with Gasteiger partial charge in [0.2, 0.25) is 10.0 Å². The van der Waals surface area contributed by atoms with Gasteiger partial charge in [-0.15, -0.1) is 0 Å². The Morgan fingerprint density at radius 1 is 0.724 bits per heavy atom. The molecule has 4 aromatic carbocycles. The highest BCUT2D eigenvalue weighted by Gasteiger charge is 2.23. The zero-order chi connectivity index (χ0) is 20.3. The number of sulfonamides is 1. The lowest BCUT2D eigenvalue weighted by Crippen LogP contribution is -2.29. The Morgan fingerprint density at radius 2 is 1.34 bits per heavy atom. The van der Waals surface area contributed by atoms with Crippen LogP contribution < -0.4 is 9.46 Å². The highest BCUT2D eigenvalue weighted by atomic mass is 32.2. The van der Waals surface area contributed by atoms with Crippen LogP contribution in [-0.4, -0.2) is 15.5 Å². The van der Waals surface area contributed by atoms with Crippen LogP contribution in [0.1, 0.15) is 17.2 Å². The van der Waals surface area contributed by atoms with Crippen molar-refractivity contribution in [3.63, 3.8) is 0 Å². The van der Waals surface area contributed by atoms with E-state index in [9.17, 15) is 8.42 Å². The van der Waals surface area contributed by atoms with Crippen molar-refractivity contribution in [2.75, 3.05) is 7.11 Å². The minimum absolute atomic E-state index is 0.241. The molecule has 0 saturated heterocycles. The molecule has 0 aliphatic carbocycles. The Bertz CT molecular complexity index is 1220. The monoisotopic (exact) mass is 403 g/mol. The van der Waals surface area contributed by atoms with E-state index in [0.29, 0.717) is 0 Å². The van der Waals surface area contributed by atoms with Crippen LogP contribution in [0.25, 0.3) is 10.8 Å². The van der Waals surface area contributed by atoms with Crippen molar-refractivity contribution in [1.82, 2.24) is 4.72 Å². The zero-order valence-corrected chi connectivity index (χ0v) is 16.8. The van der Waals surface area contributed by atoms with Gasteiger partial charge in [-0.2, -0.15) is 4.72 Å². The Balaban J connectivity index is 1.73. The second kappa shape index (κ2) is 8.07. The molecule has 0 saturated carbocycles. The number of hydrogen-bond donors (Lipinski definition) is 1. The first-order valence-corrected chi connectivity index (χ1v) is 10.8. The molecule has 29 heavy (non-hydrogen) atoms. The molecule has 5 heteroatoms. The predicted octanol–water partition coefficient (Wildman–Crippen LogP) is 4.92. The fraction of sp³-hybridized carbons (Fsp3) is 0.0833. The number of rotatable bonds is 6. The molecule has 0 aromatic heterocycles. The standard InChI is InChI=1S/C24H21NO3S/c1-28-22-14-11-20(12-15-22)24(19-8-3-2-4-9-19)25-29(26,27)23-16-13-18-7-5-6-10-21(18)17-23/h2-17,24-25H,1H3/t24-/m0/s1. The maximum absolute atomic E-state index is 13.2. The molecule has 4 nitrogen and oxygen atoms in total. The Kier molecular flexibility index (Phi) is 5.34. The summed E-state index contributed by atoms with van der Waals surface area (Å²) in [6.07, 6.45) is 0. The van der Waals surface area contributed by atoms with Crippen LogP contribution >= 0.6 is 0 Å². The molecule has 0 aliphatic heterocycles. The highest BCUT2D eigenvalue weighted by molar-refractivity contribution is 7.89. The molecule has 0 fully saturated rings. The molecular formula is C24H21NO3S. The summed E-state index contributed by atoms with van der Waals surface area (Å²) < 4.78 is 34.5. The third-order valence-corrected chi connectivity index (χ3v) is 6.31. The summed E-state index contributed by atoms with van der Waals surface area (Å²) in [7, 11) is -2.14. The molecule has 0 amide bonds. The van der Waals surface area contributed by atoms with Crippen LogP contribution in [0.4, 0.5) is 0 Å². The molecule has 1 N–H and O–H groups in total. The summed E-state index contributed by atoms with van der Waals surface area (Å²) in [5.74, 6) is 0.720. The van der Waals surface area contributed by atoms with Gasteiger partial charge < -0.3 is 4.74 Å². The molecule has 0 aliphatic rings. The van der Waals surface area contributed by atoms with E-state index in [2.05, 4.69) is 4.72 Å². The van der Waals surface area contributed by atoms with E-state index in [1.807, 2.05) is 84.9 Å². The second-order valence-electron chi connectivity index (χ2n) is 6.75. The van der Waals surface area contributed by atoms with E-state index >= 15 is 0 Å². The van der Waals surface area contributed by atoms with Crippen LogP contribution in [0.5, 0.6) is 5.75 Å².